The van der Waals surface area contributed by atoms with Gasteiger partial charge < -0.3 is 0 Å². The van der Waals surface area contributed by atoms with Gasteiger partial charge in [0.25, 0.3) is 0 Å². The first-order chi connectivity index (χ1) is 4.48. The van der Waals surface area contributed by atoms with E-state index in [2.05, 4.69) is 48.2 Å². The van der Waals surface area contributed by atoms with Crippen molar-refractivity contribution in [3.8, 4) is 12.3 Å². The maximum Gasteiger partial charge on any atom is 0.0585 e. The normalized spacial score (nSPS) is 14.3. The molecule has 0 saturated heterocycles. The van der Waals surface area contributed by atoms with E-state index in [4.69, 9.17) is 6.42 Å². The Morgan fingerprint density at radius 2 is 2.00 bits per heavy atom. The molecule has 0 heterocycles. The number of hydrogen-bond acceptors (Lipinski definition) is 0. The van der Waals surface area contributed by atoms with Gasteiger partial charge in [0, 0.05) is 9.97 Å². The zero-order valence-corrected chi connectivity index (χ0v) is 10.1. The van der Waals surface area contributed by atoms with Crippen LogP contribution in [0.3, 0.4) is 0 Å². The quantitative estimate of drug-likeness (QED) is 0.319. The van der Waals surface area contributed by atoms with Crippen molar-refractivity contribution in [3.05, 3.63) is 0 Å². The zero-order chi connectivity index (χ0) is 8.20. The number of hydrogen-bond donors (Lipinski definition) is 0. The molecule has 58 valence electrons. The van der Waals surface area contributed by atoms with E-state index in [1.807, 2.05) is 0 Å². The summed E-state index contributed by atoms with van der Waals surface area (Å²) in [5, 5.41) is 0. The topological polar surface area (TPSA) is 0 Å². The number of alkyl halides is 1. The lowest BCUT2D eigenvalue weighted by molar-refractivity contribution is 0.949. The monoisotopic (exact) mass is 266 g/mol. The molecular formula is C8H15ISi. The molecule has 0 amide bonds. The Labute approximate surface area is 78.9 Å². The molecule has 0 N–H and O–H groups in total. The molecule has 0 bridgehead atoms. The van der Waals surface area contributed by atoms with Gasteiger partial charge in [0.05, 0.1) is 8.07 Å². The molecule has 0 aliphatic heterocycles. The van der Waals surface area contributed by atoms with Gasteiger partial charge in [0.1, 0.15) is 0 Å². The van der Waals surface area contributed by atoms with Crippen molar-refractivity contribution >= 4 is 30.7 Å². The van der Waals surface area contributed by atoms with Crippen molar-refractivity contribution in [3.63, 3.8) is 0 Å². The molecule has 0 fully saturated rings. The molecule has 0 aliphatic rings. The molecule has 0 rings (SSSR count). The Morgan fingerprint density at radius 1 is 1.50 bits per heavy atom. The summed E-state index contributed by atoms with van der Waals surface area (Å²) in [7, 11) is -0.907. The maximum atomic E-state index is 5.18. The van der Waals surface area contributed by atoms with Crippen LogP contribution in [0.5, 0.6) is 0 Å². The van der Waals surface area contributed by atoms with Gasteiger partial charge in [-0.3, -0.25) is 0 Å². The van der Waals surface area contributed by atoms with Crippen LogP contribution in [0.4, 0.5) is 0 Å². The van der Waals surface area contributed by atoms with Crippen molar-refractivity contribution in [2.75, 3.05) is 0 Å². The van der Waals surface area contributed by atoms with Crippen LogP contribution in [0.2, 0.25) is 19.6 Å². The second kappa shape index (κ2) is 4.40. The highest BCUT2D eigenvalue weighted by molar-refractivity contribution is 14.1. The third-order valence-electron chi connectivity index (χ3n) is 1.48. The highest BCUT2D eigenvalue weighted by atomic mass is 127. The van der Waals surface area contributed by atoms with E-state index in [1.54, 1.807) is 0 Å². The van der Waals surface area contributed by atoms with E-state index >= 15 is 0 Å². The standard InChI is InChI=1S/C8H15ISi/c1-5-6-7-8(9)10(2,3)4/h1,8H,6-7H2,2-4H3. The first-order valence-corrected chi connectivity index (χ1v) is 8.38. The third-order valence-corrected chi connectivity index (χ3v) is 9.88. The van der Waals surface area contributed by atoms with Crippen LogP contribution in [0.25, 0.3) is 0 Å². The SMILES string of the molecule is C#CCCC(I)[Si](C)(C)C. The fourth-order valence-corrected chi connectivity index (χ4v) is 1.96. The van der Waals surface area contributed by atoms with E-state index in [0.717, 1.165) is 9.97 Å². The summed E-state index contributed by atoms with van der Waals surface area (Å²) in [5.74, 6) is 2.69. The van der Waals surface area contributed by atoms with Crippen LogP contribution in [-0.4, -0.2) is 11.6 Å². The Kier molecular flexibility index (Phi) is 4.62. The number of terminal acetylenes is 1. The third kappa shape index (κ3) is 4.34. The summed E-state index contributed by atoms with van der Waals surface area (Å²) >= 11 is 2.54. The Hall–Kier alpha value is 0.507. The van der Waals surface area contributed by atoms with Gasteiger partial charge in [-0.05, 0) is 6.42 Å². The summed E-state index contributed by atoms with van der Waals surface area (Å²) < 4.78 is 0.834. The molecule has 0 aromatic carbocycles. The van der Waals surface area contributed by atoms with Crippen LogP contribution in [0.1, 0.15) is 12.8 Å². The molecule has 0 aliphatic carbocycles. The Morgan fingerprint density at radius 3 is 2.30 bits per heavy atom. The largest absolute Gasteiger partial charge is 0.120 e. The molecule has 0 nitrogen and oxygen atoms in total. The fraction of sp³-hybridized carbons (Fsp3) is 0.750. The molecule has 1 unspecified atom stereocenters. The molecule has 10 heavy (non-hydrogen) atoms. The van der Waals surface area contributed by atoms with E-state index in [0.29, 0.717) is 0 Å². The molecule has 0 saturated carbocycles. The molecule has 0 spiro atoms. The van der Waals surface area contributed by atoms with E-state index in [1.165, 1.54) is 6.42 Å². The van der Waals surface area contributed by atoms with Crippen molar-refractivity contribution < 1.29 is 0 Å². The Bertz CT molecular complexity index is 129. The van der Waals surface area contributed by atoms with Gasteiger partial charge in [0.2, 0.25) is 0 Å². The molecular weight excluding hydrogens is 251 g/mol. The van der Waals surface area contributed by atoms with E-state index in [-0.39, 0.29) is 0 Å². The number of rotatable bonds is 3. The molecule has 2 heteroatoms. The second-order valence-electron chi connectivity index (χ2n) is 3.58. The van der Waals surface area contributed by atoms with Gasteiger partial charge in [-0.25, -0.2) is 0 Å². The lowest BCUT2D eigenvalue weighted by Crippen LogP contribution is -2.33. The molecule has 1 atom stereocenters. The second-order valence-corrected chi connectivity index (χ2v) is 11.7. The predicted octanol–water partition coefficient (Wildman–Crippen LogP) is 3.08. The fourth-order valence-electron chi connectivity index (χ4n) is 0.643. The summed E-state index contributed by atoms with van der Waals surface area (Å²) in [6.45, 7) is 7.17. The lowest BCUT2D eigenvalue weighted by atomic mass is 10.4. The summed E-state index contributed by atoms with van der Waals surface area (Å²) in [4.78, 5) is 0. The van der Waals surface area contributed by atoms with Crippen molar-refractivity contribution in [2.45, 2.75) is 36.0 Å². The van der Waals surface area contributed by atoms with E-state index < -0.39 is 8.07 Å². The highest BCUT2D eigenvalue weighted by Crippen LogP contribution is 2.20. The van der Waals surface area contributed by atoms with Crippen LogP contribution < -0.4 is 0 Å². The zero-order valence-electron chi connectivity index (χ0n) is 6.95. The minimum atomic E-state index is -0.907. The Balaban J connectivity index is 3.65. The smallest absolute Gasteiger partial charge is 0.0585 e. The van der Waals surface area contributed by atoms with Crippen molar-refractivity contribution in [1.82, 2.24) is 0 Å². The summed E-state index contributed by atoms with van der Waals surface area (Å²) in [6.07, 6.45) is 7.33. The van der Waals surface area contributed by atoms with Gasteiger partial charge in [-0.2, -0.15) is 0 Å². The minimum Gasteiger partial charge on any atom is -0.120 e. The highest BCUT2D eigenvalue weighted by Gasteiger charge is 2.22. The molecule has 0 radical (unpaired) electrons. The average Bonchev–Trinajstić information content (AvgIpc) is 1.80. The van der Waals surface area contributed by atoms with Crippen LogP contribution in [0, 0.1) is 12.3 Å². The predicted molar refractivity (Wildman–Crippen MR) is 59.2 cm³/mol. The first-order valence-electron chi connectivity index (χ1n) is 3.56. The van der Waals surface area contributed by atoms with Gasteiger partial charge in [-0.1, -0.05) is 42.2 Å². The van der Waals surface area contributed by atoms with Crippen molar-refractivity contribution in [2.24, 2.45) is 0 Å². The van der Waals surface area contributed by atoms with Gasteiger partial charge in [-0.15, -0.1) is 12.3 Å². The van der Waals surface area contributed by atoms with Crippen LogP contribution in [-0.2, 0) is 0 Å². The average molecular weight is 266 g/mol. The van der Waals surface area contributed by atoms with E-state index in [9.17, 15) is 0 Å². The van der Waals surface area contributed by atoms with Crippen LogP contribution >= 0.6 is 22.6 Å². The molecule has 0 aromatic rings. The first kappa shape index (κ1) is 10.5. The summed E-state index contributed by atoms with van der Waals surface area (Å²) in [6, 6.07) is 0. The van der Waals surface area contributed by atoms with Gasteiger partial charge in [0.15, 0.2) is 0 Å². The minimum absolute atomic E-state index is 0.834. The summed E-state index contributed by atoms with van der Waals surface area (Å²) in [5.41, 5.74) is 0. The maximum absolute atomic E-state index is 5.18. The number of halogens is 1. The van der Waals surface area contributed by atoms with Crippen LogP contribution in [0.15, 0.2) is 0 Å². The van der Waals surface area contributed by atoms with Crippen molar-refractivity contribution in [1.29, 1.82) is 0 Å². The van der Waals surface area contributed by atoms with Gasteiger partial charge >= 0.3 is 0 Å². The lowest BCUT2D eigenvalue weighted by Gasteiger charge is -2.22. The molecule has 0 aromatic heterocycles.